The number of benzene rings is 1. The van der Waals surface area contributed by atoms with Crippen molar-refractivity contribution < 1.29 is 14.7 Å². The van der Waals surface area contributed by atoms with Gasteiger partial charge in [0.05, 0.1) is 5.02 Å². The Balaban J connectivity index is 2.11. The minimum Gasteiger partial charge on any atom is -0.481 e. The maximum Gasteiger partial charge on any atom is 0.316 e. The van der Waals surface area contributed by atoms with Crippen LogP contribution in [0.15, 0.2) is 17.7 Å². The lowest BCUT2D eigenvalue weighted by atomic mass is 9.68. The van der Waals surface area contributed by atoms with E-state index in [1.807, 2.05) is 6.07 Å². The molecular weight excluding hydrogens is 360 g/mol. The number of carbonyl (C=O) groups excluding carboxylic acids is 1. The zero-order valence-electron chi connectivity index (χ0n) is 16.7. The van der Waals surface area contributed by atoms with Crippen LogP contribution in [0.5, 0.6) is 0 Å². The molecule has 0 aliphatic heterocycles. The zero-order valence-corrected chi connectivity index (χ0v) is 17.5. The molecule has 27 heavy (non-hydrogen) atoms. The molecule has 2 aliphatic carbocycles. The van der Waals surface area contributed by atoms with E-state index >= 15 is 0 Å². The van der Waals surface area contributed by atoms with E-state index in [2.05, 4.69) is 13.8 Å². The standard InChI is InChI=1S/C23H29ClO3/c1-5-6-11-23-12-7-8-14(2)18(23)15-9-10-16(19(24)17(15)13-23)20(25)22(3,4)21(26)27/h9-10H,5-8,11-13H2,1-4H3,(H,26,27). The third-order valence-corrected chi connectivity index (χ3v) is 6.98. The van der Waals surface area contributed by atoms with Gasteiger partial charge in [0.1, 0.15) is 5.41 Å². The number of carbonyl (C=O) groups is 2. The fourth-order valence-corrected chi connectivity index (χ4v) is 5.23. The molecule has 146 valence electrons. The minimum atomic E-state index is -1.49. The molecule has 0 saturated carbocycles. The van der Waals surface area contributed by atoms with Gasteiger partial charge in [-0.3, -0.25) is 9.59 Å². The van der Waals surface area contributed by atoms with Crippen molar-refractivity contribution >= 4 is 28.9 Å². The summed E-state index contributed by atoms with van der Waals surface area (Å²) in [5.41, 5.74) is 4.08. The van der Waals surface area contributed by atoms with E-state index in [1.165, 1.54) is 43.4 Å². The van der Waals surface area contributed by atoms with E-state index in [4.69, 9.17) is 11.6 Å². The van der Waals surface area contributed by atoms with Crippen molar-refractivity contribution in [1.29, 1.82) is 0 Å². The average Bonchev–Trinajstić information content (AvgIpc) is 2.96. The SMILES string of the molecule is CCCCC12CCCC(C)=C1c1ccc(C(=O)C(C)(C)C(=O)O)c(Cl)c1C2. The van der Waals surface area contributed by atoms with Crippen LogP contribution in [-0.4, -0.2) is 16.9 Å². The molecule has 3 rings (SSSR count). The first-order chi connectivity index (χ1) is 12.7. The number of fused-ring (bicyclic) bond motifs is 3. The highest BCUT2D eigenvalue weighted by molar-refractivity contribution is 6.36. The predicted molar refractivity (Wildman–Crippen MR) is 109 cm³/mol. The van der Waals surface area contributed by atoms with Gasteiger partial charge >= 0.3 is 5.97 Å². The van der Waals surface area contributed by atoms with Crippen molar-refractivity contribution in [3.8, 4) is 0 Å². The van der Waals surface area contributed by atoms with Crippen molar-refractivity contribution in [1.82, 2.24) is 0 Å². The monoisotopic (exact) mass is 388 g/mol. The van der Waals surface area contributed by atoms with Gasteiger partial charge in [0.2, 0.25) is 0 Å². The highest BCUT2D eigenvalue weighted by atomic mass is 35.5. The number of carboxylic acid groups (broad SMARTS) is 1. The number of hydrogen-bond donors (Lipinski definition) is 1. The Kier molecular flexibility index (Phi) is 5.28. The lowest BCUT2D eigenvalue weighted by Crippen LogP contribution is -2.33. The van der Waals surface area contributed by atoms with Crippen LogP contribution >= 0.6 is 11.6 Å². The van der Waals surface area contributed by atoms with Gasteiger partial charge in [-0.2, -0.15) is 0 Å². The molecule has 0 amide bonds. The van der Waals surface area contributed by atoms with Gasteiger partial charge in [-0.25, -0.2) is 0 Å². The summed E-state index contributed by atoms with van der Waals surface area (Å²) in [5, 5.41) is 9.88. The lowest BCUT2D eigenvalue weighted by Gasteiger charge is -2.36. The van der Waals surface area contributed by atoms with Gasteiger partial charge < -0.3 is 5.11 Å². The number of unbranched alkanes of at least 4 members (excludes halogenated alkanes) is 1. The number of allylic oxidation sites excluding steroid dienone is 2. The van der Waals surface area contributed by atoms with E-state index in [0.29, 0.717) is 10.6 Å². The van der Waals surface area contributed by atoms with Crippen molar-refractivity contribution in [3.05, 3.63) is 39.4 Å². The number of carboxylic acids is 1. The maximum absolute atomic E-state index is 12.9. The Morgan fingerprint density at radius 1 is 1.30 bits per heavy atom. The summed E-state index contributed by atoms with van der Waals surface area (Å²) in [7, 11) is 0. The number of halogens is 1. The van der Waals surface area contributed by atoms with E-state index in [9.17, 15) is 14.7 Å². The summed E-state index contributed by atoms with van der Waals surface area (Å²) < 4.78 is 0. The fourth-order valence-electron chi connectivity index (χ4n) is 4.92. The van der Waals surface area contributed by atoms with Crippen LogP contribution in [0.25, 0.3) is 5.57 Å². The third kappa shape index (κ3) is 3.14. The lowest BCUT2D eigenvalue weighted by molar-refractivity contribution is -0.144. The molecule has 1 N–H and O–H groups in total. The highest BCUT2D eigenvalue weighted by Gasteiger charge is 2.46. The van der Waals surface area contributed by atoms with E-state index < -0.39 is 17.2 Å². The molecule has 1 unspecified atom stereocenters. The normalized spacial score (nSPS) is 21.8. The molecule has 1 aromatic carbocycles. The van der Waals surface area contributed by atoms with Crippen LogP contribution in [0.4, 0.5) is 0 Å². The van der Waals surface area contributed by atoms with Crippen molar-refractivity contribution in [2.45, 2.75) is 72.6 Å². The van der Waals surface area contributed by atoms with Gasteiger partial charge in [-0.15, -0.1) is 0 Å². The quantitative estimate of drug-likeness (QED) is 0.458. The first-order valence-corrected chi connectivity index (χ1v) is 10.3. The van der Waals surface area contributed by atoms with Crippen LogP contribution < -0.4 is 0 Å². The predicted octanol–water partition coefficient (Wildman–Crippen LogP) is 6.32. The summed E-state index contributed by atoms with van der Waals surface area (Å²) in [6.07, 6.45) is 7.83. The van der Waals surface area contributed by atoms with E-state index in [1.54, 1.807) is 6.07 Å². The Morgan fingerprint density at radius 2 is 2.00 bits per heavy atom. The number of aliphatic carboxylic acids is 1. The number of rotatable bonds is 6. The molecule has 0 heterocycles. The smallest absolute Gasteiger partial charge is 0.316 e. The van der Waals surface area contributed by atoms with Gasteiger partial charge in [0, 0.05) is 5.56 Å². The summed E-state index contributed by atoms with van der Waals surface area (Å²) >= 11 is 6.73. The van der Waals surface area contributed by atoms with Crippen molar-refractivity contribution in [2.75, 3.05) is 0 Å². The molecule has 0 aromatic heterocycles. The second-order valence-corrected chi connectivity index (χ2v) is 9.16. The van der Waals surface area contributed by atoms with Gasteiger partial charge in [0.15, 0.2) is 5.78 Å². The average molecular weight is 389 g/mol. The molecule has 0 saturated heterocycles. The zero-order chi connectivity index (χ0) is 20.0. The van der Waals surface area contributed by atoms with Crippen molar-refractivity contribution in [2.24, 2.45) is 10.8 Å². The molecule has 0 spiro atoms. The molecule has 0 fully saturated rings. The Hall–Kier alpha value is -1.61. The van der Waals surface area contributed by atoms with Gasteiger partial charge in [-0.05, 0) is 81.1 Å². The summed E-state index contributed by atoms with van der Waals surface area (Å²) in [6, 6.07) is 3.74. The second-order valence-electron chi connectivity index (χ2n) is 8.78. The maximum atomic E-state index is 12.9. The van der Waals surface area contributed by atoms with E-state index in [-0.39, 0.29) is 5.41 Å². The molecule has 0 bridgehead atoms. The Labute approximate surface area is 166 Å². The Morgan fingerprint density at radius 3 is 2.63 bits per heavy atom. The second kappa shape index (κ2) is 7.09. The summed E-state index contributed by atoms with van der Waals surface area (Å²) in [6.45, 7) is 7.33. The molecule has 3 nitrogen and oxygen atoms in total. The van der Waals surface area contributed by atoms with Crippen LogP contribution in [-0.2, 0) is 11.2 Å². The molecule has 2 aliphatic rings. The summed E-state index contributed by atoms with van der Waals surface area (Å²) in [5.74, 6) is -1.55. The third-order valence-electron chi connectivity index (χ3n) is 6.55. The topological polar surface area (TPSA) is 54.4 Å². The van der Waals surface area contributed by atoms with Crippen LogP contribution in [0.2, 0.25) is 5.02 Å². The van der Waals surface area contributed by atoms with Crippen LogP contribution in [0.1, 0.15) is 87.7 Å². The Bertz CT molecular complexity index is 834. The van der Waals surface area contributed by atoms with Crippen LogP contribution in [0, 0.1) is 10.8 Å². The fraction of sp³-hybridized carbons (Fsp3) is 0.565. The molecule has 4 heteroatoms. The first kappa shape index (κ1) is 20.1. The van der Waals surface area contributed by atoms with Crippen molar-refractivity contribution in [3.63, 3.8) is 0 Å². The molecular formula is C23H29ClO3. The number of hydrogen-bond acceptors (Lipinski definition) is 2. The highest BCUT2D eigenvalue weighted by Crippen LogP contribution is 2.58. The van der Waals surface area contributed by atoms with E-state index in [0.717, 1.165) is 37.7 Å². The van der Waals surface area contributed by atoms with Gasteiger partial charge in [-0.1, -0.05) is 43.0 Å². The van der Waals surface area contributed by atoms with Crippen LogP contribution in [0.3, 0.4) is 0 Å². The number of Topliss-reactive ketones (excluding diaryl/α,β-unsaturated/α-hetero) is 1. The molecule has 1 aromatic rings. The molecule has 0 radical (unpaired) electrons. The summed E-state index contributed by atoms with van der Waals surface area (Å²) in [4.78, 5) is 24.4. The molecule has 1 atom stereocenters. The first-order valence-electron chi connectivity index (χ1n) is 9.96. The largest absolute Gasteiger partial charge is 0.481 e. The number of ketones is 1. The van der Waals surface area contributed by atoms with Gasteiger partial charge in [0.25, 0.3) is 0 Å². The minimum absolute atomic E-state index is 0.133.